The van der Waals surface area contributed by atoms with Crippen molar-refractivity contribution in [3.63, 3.8) is 0 Å². The van der Waals surface area contributed by atoms with Crippen molar-refractivity contribution in [3.8, 4) is 0 Å². The second kappa shape index (κ2) is 7.01. The van der Waals surface area contributed by atoms with Crippen LogP contribution in [0.4, 0.5) is 18.3 Å². The van der Waals surface area contributed by atoms with E-state index >= 15 is 0 Å². The molecule has 150 valence electrons. The molecule has 0 aliphatic carbocycles. The highest BCUT2D eigenvalue weighted by molar-refractivity contribution is 7.88. The van der Waals surface area contributed by atoms with Gasteiger partial charge in [0.15, 0.2) is 5.13 Å². The number of hydrogen-bond donors (Lipinski definition) is 0. The summed E-state index contributed by atoms with van der Waals surface area (Å²) in [5.74, 6) is -0.231. The molecule has 7 nitrogen and oxygen atoms in total. The molecule has 1 fully saturated rings. The summed E-state index contributed by atoms with van der Waals surface area (Å²) in [4.78, 5) is 6.20. The van der Waals surface area contributed by atoms with Gasteiger partial charge in [0, 0.05) is 32.2 Å². The van der Waals surface area contributed by atoms with E-state index in [1.807, 2.05) is 4.90 Å². The molecule has 0 amide bonds. The summed E-state index contributed by atoms with van der Waals surface area (Å²) in [5, 5.41) is 4.21. The molecule has 0 unspecified atom stereocenters. The number of alkyl halides is 3. The Balaban J connectivity index is 1.46. The van der Waals surface area contributed by atoms with Crippen LogP contribution in [0.5, 0.6) is 0 Å². The zero-order chi connectivity index (χ0) is 19.9. The number of sulfonamides is 1. The molecule has 3 heterocycles. The molecule has 3 aromatic rings. The zero-order valence-corrected chi connectivity index (χ0v) is 16.0. The van der Waals surface area contributed by atoms with Gasteiger partial charge in [-0.2, -0.15) is 17.5 Å². The number of rotatable bonds is 4. The van der Waals surface area contributed by atoms with Crippen LogP contribution in [0, 0.1) is 0 Å². The van der Waals surface area contributed by atoms with Crippen LogP contribution < -0.4 is 4.90 Å². The first-order valence-electron chi connectivity index (χ1n) is 8.32. The molecule has 28 heavy (non-hydrogen) atoms. The predicted octanol–water partition coefficient (Wildman–Crippen LogP) is 2.96. The van der Waals surface area contributed by atoms with Gasteiger partial charge in [-0.05, 0) is 18.2 Å². The molecule has 1 aromatic carbocycles. The smallest absolute Gasteiger partial charge is 0.364 e. The molecule has 0 radical (unpaired) electrons. The lowest BCUT2D eigenvalue weighted by atomic mass is 10.2. The van der Waals surface area contributed by atoms with E-state index < -0.39 is 21.8 Å². The maximum absolute atomic E-state index is 12.9. The second-order valence-corrected chi connectivity index (χ2v) is 9.29. The van der Waals surface area contributed by atoms with E-state index in [9.17, 15) is 21.6 Å². The van der Waals surface area contributed by atoms with E-state index in [4.69, 9.17) is 0 Å². The lowest BCUT2D eigenvalue weighted by Gasteiger charge is -2.33. The monoisotopic (exact) mass is 432 g/mol. The average Bonchev–Trinajstić information content (AvgIpc) is 3.29. The number of halogens is 3. The van der Waals surface area contributed by atoms with Crippen LogP contribution in [-0.4, -0.2) is 49.0 Å². The van der Waals surface area contributed by atoms with Gasteiger partial charge in [-0.3, -0.25) is 0 Å². The summed E-state index contributed by atoms with van der Waals surface area (Å²) in [7, 11) is -3.52. The number of nitrogens with zero attached hydrogens (tertiary/aromatic N) is 4. The van der Waals surface area contributed by atoms with Gasteiger partial charge < -0.3 is 9.42 Å². The highest BCUT2D eigenvalue weighted by atomic mass is 32.2. The second-order valence-electron chi connectivity index (χ2n) is 6.31. The van der Waals surface area contributed by atoms with Gasteiger partial charge in [-0.15, -0.1) is 0 Å². The van der Waals surface area contributed by atoms with Gasteiger partial charge in [-0.1, -0.05) is 16.5 Å². The van der Waals surface area contributed by atoms with Crippen molar-refractivity contribution in [2.45, 2.75) is 11.9 Å². The Morgan fingerprint density at radius 3 is 2.54 bits per heavy atom. The van der Waals surface area contributed by atoms with Gasteiger partial charge in [0.1, 0.15) is 12.0 Å². The number of aromatic nitrogens is 2. The zero-order valence-electron chi connectivity index (χ0n) is 14.4. The third-order valence-corrected chi connectivity index (χ3v) is 7.34. The van der Waals surface area contributed by atoms with Gasteiger partial charge in [-0.25, -0.2) is 13.4 Å². The van der Waals surface area contributed by atoms with E-state index in [1.54, 1.807) is 0 Å². The lowest BCUT2D eigenvalue weighted by molar-refractivity contribution is -0.137. The number of fused-ring (bicyclic) bond motifs is 1. The Morgan fingerprint density at radius 1 is 1.14 bits per heavy atom. The molecule has 0 bridgehead atoms. The van der Waals surface area contributed by atoms with E-state index in [2.05, 4.69) is 14.7 Å². The molecule has 0 atom stereocenters. The van der Waals surface area contributed by atoms with E-state index in [1.165, 1.54) is 34.0 Å². The fourth-order valence-electron chi connectivity index (χ4n) is 2.97. The third kappa shape index (κ3) is 3.84. The lowest BCUT2D eigenvalue weighted by Crippen LogP contribution is -2.49. The van der Waals surface area contributed by atoms with Crippen molar-refractivity contribution in [3.05, 3.63) is 41.8 Å². The molecule has 4 rings (SSSR count). The molecule has 1 aliphatic rings. The Kier molecular flexibility index (Phi) is 4.79. The van der Waals surface area contributed by atoms with Crippen molar-refractivity contribution in [2.24, 2.45) is 0 Å². The van der Waals surface area contributed by atoms with Crippen molar-refractivity contribution >= 4 is 36.7 Å². The molecule has 1 aliphatic heterocycles. The minimum absolute atomic E-state index is 0.231. The summed E-state index contributed by atoms with van der Waals surface area (Å²) in [6.07, 6.45) is -3.10. The van der Waals surface area contributed by atoms with Crippen LogP contribution >= 0.6 is 11.3 Å². The van der Waals surface area contributed by atoms with Crippen LogP contribution in [0.1, 0.15) is 11.3 Å². The van der Waals surface area contributed by atoms with Crippen molar-refractivity contribution in [2.75, 3.05) is 31.1 Å². The molecule has 0 saturated carbocycles. The van der Waals surface area contributed by atoms with E-state index in [0.29, 0.717) is 28.6 Å². The van der Waals surface area contributed by atoms with E-state index in [-0.39, 0.29) is 24.4 Å². The molecule has 2 aromatic heterocycles. The largest absolute Gasteiger partial charge is 0.416 e. The van der Waals surface area contributed by atoms with E-state index in [0.717, 1.165) is 12.1 Å². The summed E-state index contributed by atoms with van der Waals surface area (Å²) >= 11 is 1.29. The van der Waals surface area contributed by atoms with Gasteiger partial charge in [0.05, 0.1) is 21.5 Å². The topological polar surface area (TPSA) is 79.5 Å². The molecule has 0 N–H and O–H groups in total. The van der Waals surface area contributed by atoms with Crippen LogP contribution in [0.2, 0.25) is 0 Å². The van der Waals surface area contributed by atoms with Crippen molar-refractivity contribution in [1.82, 2.24) is 14.4 Å². The molecular weight excluding hydrogens is 417 g/mol. The Bertz CT molecular complexity index is 1070. The molecular formula is C16H15F3N4O3S2. The van der Waals surface area contributed by atoms with Crippen LogP contribution in [0.15, 0.2) is 35.1 Å². The fraction of sp³-hybridized carbons (Fsp3) is 0.375. The number of benzene rings is 1. The quantitative estimate of drug-likeness (QED) is 0.631. The summed E-state index contributed by atoms with van der Waals surface area (Å²) in [6.45, 7) is 1.35. The van der Waals surface area contributed by atoms with Crippen LogP contribution in [0.25, 0.3) is 10.2 Å². The van der Waals surface area contributed by atoms with Crippen LogP contribution in [-0.2, 0) is 22.0 Å². The van der Waals surface area contributed by atoms with Gasteiger partial charge in [0.2, 0.25) is 10.0 Å². The van der Waals surface area contributed by atoms with Crippen molar-refractivity contribution in [1.29, 1.82) is 0 Å². The first kappa shape index (κ1) is 19.2. The maximum Gasteiger partial charge on any atom is 0.416 e. The highest BCUT2D eigenvalue weighted by Gasteiger charge is 2.32. The summed E-state index contributed by atoms with van der Waals surface area (Å²) < 4.78 is 70.2. The van der Waals surface area contributed by atoms with Gasteiger partial charge in [0.25, 0.3) is 0 Å². The Labute approximate surface area is 162 Å². The average molecular weight is 432 g/mol. The minimum atomic E-state index is -4.41. The standard InChI is InChI=1S/C16H15F3N4O3S2/c17-16(18,19)11-1-2-14-13(9-11)20-15(27-14)22-4-6-23(7-5-22)28(24,25)10-12-3-8-26-21-12/h1-3,8-9H,4-7,10H2. The fourth-order valence-corrected chi connectivity index (χ4v) is 5.40. The normalized spacial score (nSPS) is 16.8. The predicted molar refractivity (Wildman–Crippen MR) is 97.5 cm³/mol. The van der Waals surface area contributed by atoms with Gasteiger partial charge >= 0.3 is 6.18 Å². The first-order chi connectivity index (χ1) is 13.2. The Hall–Kier alpha value is -2.18. The summed E-state index contributed by atoms with van der Waals surface area (Å²) in [5.41, 5.74) is -0.106. The summed E-state index contributed by atoms with van der Waals surface area (Å²) in [6, 6.07) is 4.99. The maximum atomic E-state index is 12.9. The number of thiazole rings is 1. The van der Waals surface area contributed by atoms with Crippen molar-refractivity contribution < 1.29 is 26.1 Å². The SMILES string of the molecule is O=S(=O)(Cc1ccon1)N1CCN(c2nc3cc(C(F)(F)F)ccc3s2)CC1. The first-order valence-corrected chi connectivity index (χ1v) is 10.7. The molecule has 1 saturated heterocycles. The Morgan fingerprint density at radius 2 is 1.89 bits per heavy atom. The third-order valence-electron chi connectivity index (χ3n) is 4.43. The number of piperazine rings is 1. The van der Waals surface area contributed by atoms with Crippen LogP contribution in [0.3, 0.4) is 0 Å². The number of anilines is 1. The number of hydrogen-bond acceptors (Lipinski definition) is 7. The molecule has 12 heteroatoms. The highest BCUT2D eigenvalue weighted by Crippen LogP contribution is 2.35. The minimum Gasteiger partial charge on any atom is -0.364 e. The molecule has 0 spiro atoms.